The van der Waals surface area contributed by atoms with E-state index in [1.165, 1.54) is 12.1 Å². The van der Waals surface area contributed by atoms with Gasteiger partial charge in [0, 0.05) is 17.1 Å². The predicted molar refractivity (Wildman–Crippen MR) is 79.5 cm³/mol. The van der Waals surface area contributed by atoms with Crippen molar-refractivity contribution in [3.63, 3.8) is 0 Å². The first-order valence-corrected chi connectivity index (χ1v) is 6.88. The first kappa shape index (κ1) is 14.8. The van der Waals surface area contributed by atoms with Crippen LogP contribution < -0.4 is 15.2 Å². The van der Waals surface area contributed by atoms with Gasteiger partial charge in [-0.05, 0) is 29.8 Å². The molecule has 0 aliphatic rings. The van der Waals surface area contributed by atoms with E-state index in [0.29, 0.717) is 16.8 Å². The third kappa shape index (κ3) is 3.71. The van der Waals surface area contributed by atoms with Gasteiger partial charge in [-0.2, -0.15) is 0 Å². The number of rotatable bonds is 5. The predicted octanol–water partition coefficient (Wildman–Crippen LogP) is 3.68. The van der Waals surface area contributed by atoms with Crippen molar-refractivity contribution < 1.29 is 13.9 Å². The van der Waals surface area contributed by atoms with Crippen molar-refractivity contribution in [1.82, 2.24) is 0 Å². The number of hydrogen-bond donors (Lipinski definition) is 1. The Labute approximate surface area is 125 Å². The molecule has 0 radical (unpaired) electrons. The van der Waals surface area contributed by atoms with Gasteiger partial charge >= 0.3 is 0 Å². The summed E-state index contributed by atoms with van der Waals surface area (Å²) in [6, 6.07) is 11.8. The first-order valence-electron chi connectivity index (χ1n) is 6.09. The maximum Gasteiger partial charge on any atom is 0.136 e. The molecule has 0 bridgehead atoms. The fourth-order valence-electron chi connectivity index (χ4n) is 1.83. The molecule has 3 nitrogen and oxygen atoms in total. The van der Waals surface area contributed by atoms with E-state index in [-0.39, 0.29) is 11.9 Å². The molecule has 0 amide bonds. The second-order valence-electron chi connectivity index (χ2n) is 4.22. The second-order valence-corrected chi connectivity index (χ2v) is 5.14. The van der Waals surface area contributed by atoms with E-state index in [2.05, 4.69) is 15.9 Å². The summed E-state index contributed by atoms with van der Waals surface area (Å²) in [5, 5.41) is 0. The Kier molecular flexibility index (Phi) is 4.98. The number of hydrogen-bond acceptors (Lipinski definition) is 3. The molecule has 20 heavy (non-hydrogen) atoms. The largest absolute Gasteiger partial charge is 0.497 e. The SMILES string of the molecule is COc1ccc(C(CN)Oc2cc(F)cc(Br)c2)cc1. The normalized spacial score (nSPS) is 12.0. The third-order valence-corrected chi connectivity index (χ3v) is 3.27. The molecule has 1 unspecified atom stereocenters. The molecule has 0 fully saturated rings. The molecule has 0 heterocycles. The maximum absolute atomic E-state index is 13.3. The molecule has 0 spiro atoms. The molecule has 0 aliphatic heterocycles. The summed E-state index contributed by atoms with van der Waals surface area (Å²) in [4.78, 5) is 0. The summed E-state index contributed by atoms with van der Waals surface area (Å²) >= 11 is 3.23. The number of methoxy groups -OCH3 is 1. The van der Waals surface area contributed by atoms with E-state index in [1.54, 1.807) is 13.2 Å². The van der Waals surface area contributed by atoms with Gasteiger partial charge in [-0.3, -0.25) is 0 Å². The fraction of sp³-hybridized carbons (Fsp3) is 0.200. The minimum absolute atomic E-state index is 0.292. The minimum atomic E-state index is -0.361. The van der Waals surface area contributed by atoms with Crippen LogP contribution in [0.5, 0.6) is 11.5 Å². The van der Waals surface area contributed by atoms with Gasteiger partial charge in [0.15, 0.2) is 0 Å². The van der Waals surface area contributed by atoms with Crippen LogP contribution in [0.2, 0.25) is 0 Å². The Hall–Kier alpha value is -1.59. The zero-order valence-electron chi connectivity index (χ0n) is 11.0. The number of halogens is 2. The van der Waals surface area contributed by atoms with E-state index in [1.807, 2.05) is 24.3 Å². The molecule has 2 aromatic rings. The van der Waals surface area contributed by atoms with E-state index < -0.39 is 0 Å². The van der Waals surface area contributed by atoms with Crippen LogP contribution in [-0.2, 0) is 0 Å². The molecule has 0 saturated heterocycles. The minimum Gasteiger partial charge on any atom is -0.497 e. The standard InChI is InChI=1S/C15H15BrFNO2/c1-19-13-4-2-10(3-5-13)15(9-18)20-14-7-11(16)6-12(17)8-14/h2-8,15H,9,18H2,1H3. The molecule has 0 aromatic heterocycles. The molecular weight excluding hydrogens is 325 g/mol. The zero-order valence-corrected chi connectivity index (χ0v) is 12.6. The molecule has 5 heteroatoms. The van der Waals surface area contributed by atoms with Gasteiger partial charge in [-0.1, -0.05) is 28.1 Å². The van der Waals surface area contributed by atoms with Crippen molar-refractivity contribution in [3.05, 3.63) is 58.3 Å². The van der Waals surface area contributed by atoms with Crippen LogP contribution in [0.4, 0.5) is 4.39 Å². The van der Waals surface area contributed by atoms with Crippen molar-refractivity contribution in [2.24, 2.45) is 5.73 Å². The second kappa shape index (κ2) is 6.72. The van der Waals surface area contributed by atoms with E-state index in [9.17, 15) is 4.39 Å². The number of ether oxygens (including phenoxy) is 2. The Morgan fingerprint density at radius 3 is 2.40 bits per heavy atom. The fourth-order valence-corrected chi connectivity index (χ4v) is 2.28. The summed E-state index contributed by atoms with van der Waals surface area (Å²) in [5.41, 5.74) is 6.65. The van der Waals surface area contributed by atoms with E-state index in [0.717, 1.165) is 11.3 Å². The number of benzene rings is 2. The van der Waals surface area contributed by atoms with E-state index in [4.69, 9.17) is 15.2 Å². The first-order chi connectivity index (χ1) is 9.62. The molecule has 2 rings (SSSR count). The van der Waals surface area contributed by atoms with Gasteiger partial charge in [-0.25, -0.2) is 4.39 Å². The molecule has 2 N–H and O–H groups in total. The lowest BCUT2D eigenvalue weighted by molar-refractivity contribution is 0.213. The molecule has 106 valence electrons. The van der Waals surface area contributed by atoms with Gasteiger partial charge < -0.3 is 15.2 Å². The summed E-state index contributed by atoms with van der Waals surface area (Å²) in [6.07, 6.45) is -0.338. The van der Waals surface area contributed by atoms with Crippen LogP contribution in [0, 0.1) is 5.82 Å². The smallest absolute Gasteiger partial charge is 0.136 e. The van der Waals surface area contributed by atoms with Crippen LogP contribution >= 0.6 is 15.9 Å². The molecule has 0 aliphatic carbocycles. The van der Waals surface area contributed by atoms with Gasteiger partial charge in [-0.15, -0.1) is 0 Å². The maximum atomic E-state index is 13.3. The van der Waals surface area contributed by atoms with Gasteiger partial charge in [0.25, 0.3) is 0 Å². The summed E-state index contributed by atoms with van der Waals surface area (Å²) in [5.74, 6) is 0.834. The lowest BCUT2D eigenvalue weighted by Gasteiger charge is -2.18. The highest BCUT2D eigenvalue weighted by molar-refractivity contribution is 9.10. The van der Waals surface area contributed by atoms with Crippen LogP contribution in [-0.4, -0.2) is 13.7 Å². The van der Waals surface area contributed by atoms with Crippen molar-refractivity contribution in [1.29, 1.82) is 0 Å². The average Bonchev–Trinajstić information content (AvgIpc) is 2.44. The topological polar surface area (TPSA) is 44.5 Å². The average molecular weight is 340 g/mol. The summed E-state index contributed by atoms with van der Waals surface area (Å²) < 4.78 is 24.8. The van der Waals surface area contributed by atoms with Gasteiger partial charge in [0.2, 0.25) is 0 Å². The molecule has 1 atom stereocenters. The van der Waals surface area contributed by atoms with Crippen molar-refractivity contribution >= 4 is 15.9 Å². The van der Waals surface area contributed by atoms with Gasteiger partial charge in [0.1, 0.15) is 23.4 Å². The number of nitrogens with two attached hydrogens (primary N) is 1. The lowest BCUT2D eigenvalue weighted by Crippen LogP contribution is -2.18. The Balaban J connectivity index is 2.19. The molecule has 0 saturated carbocycles. The highest BCUT2D eigenvalue weighted by Crippen LogP contribution is 2.26. The molecule has 2 aromatic carbocycles. The van der Waals surface area contributed by atoms with Crippen molar-refractivity contribution in [2.45, 2.75) is 6.10 Å². The highest BCUT2D eigenvalue weighted by Gasteiger charge is 2.12. The Morgan fingerprint density at radius 2 is 1.85 bits per heavy atom. The Morgan fingerprint density at radius 1 is 1.15 bits per heavy atom. The van der Waals surface area contributed by atoms with Crippen molar-refractivity contribution in [2.75, 3.05) is 13.7 Å². The summed E-state index contributed by atoms with van der Waals surface area (Å²) in [7, 11) is 1.61. The third-order valence-electron chi connectivity index (χ3n) is 2.82. The van der Waals surface area contributed by atoms with Gasteiger partial charge in [0.05, 0.1) is 7.11 Å². The van der Waals surface area contributed by atoms with Crippen LogP contribution in [0.15, 0.2) is 46.9 Å². The van der Waals surface area contributed by atoms with Crippen molar-refractivity contribution in [3.8, 4) is 11.5 Å². The summed E-state index contributed by atoms with van der Waals surface area (Å²) in [6.45, 7) is 0.292. The van der Waals surface area contributed by atoms with Crippen LogP contribution in [0.1, 0.15) is 11.7 Å². The quantitative estimate of drug-likeness (QED) is 0.903. The zero-order chi connectivity index (χ0) is 14.5. The Bertz CT molecular complexity index is 554. The van der Waals surface area contributed by atoms with E-state index >= 15 is 0 Å². The monoisotopic (exact) mass is 339 g/mol. The molecular formula is C15H15BrFNO2. The van der Waals surface area contributed by atoms with Crippen LogP contribution in [0.25, 0.3) is 0 Å². The highest BCUT2D eigenvalue weighted by atomic mass is 79.9. The van der Waals surface area contributed by atoms with Crippen LogP contribution in [0.3, 0.4) is 0 Å². The lowest BCUT2D eigenvalue weighted by atomic mass is 10.1.